The molecule has 1 aromatic rings. The molecule has 4 heteroatoms. The maximum atomic E-state index is 11.8. The van der Waals surface area contributed by atoms with Gasteiger partial charge >= 0.3 is 0 Å². The van der Waals surface area contributed by atoms with Crippen molar-refractivity contribution >= 4 is 17.5 Å². The molecule has 0 N–H and O–H groups in total. The number of nitrogens with zero attached hydrogens (tertiary/aromatic N) is 1. The minimum Gasteiger partial charge on any atom is -0.495 e. The summed E-state index contributed by atoms with van der Waals surface area (Å²) in [6.07, 6.45) is 1.33. The number of benzene rings is 1. The van der Waals surface area contributed by atoms with Crippen molar-refractivity contribution in [3.63, 3.8) is 0 Å². The zero-order chi connectivity index (χ0) is 11.7. The number of imide groups is 1. The summed E-state index contributed by atoms with van der Waals surface area (Å²) in [7, 11) is 1.50. The van der Waals surface area contributed by atoms with Crippen molar-refractivity contribution < 1.29 is 14.3 Å². The van der Waals surface area contributed by atoms with Gasteiger partial charge in [-0.1, -0.05) is 12.1 Å². The number of hydrogen-bond donors (Lipinski definition) is 0. The van der Waals surface area contributed by atoms with Crippen molar-refractivity contribution in [2.45, 2.75) is 6.92 Å². The van der Waals surface area contributed by atoms with Gasteiger partial charge in [0, 0.05) is 11.6 Å². The van der Waals surface area contributed by atoms with E-state index in [1.165, 1.54) is 13.2 Å². The van der Waals surface area contributed by atoms with E-state index in [1.807, 2.05) is 0 Å². The van der Waals surface area contributed by atoms with Gasteiger partial charge in [-0.3, -0.25) is 9.59 Å². The largest absolute Gasteiger partial charge is 0.495 e. The van der Waals surface area contributed by atoms with E-state index >= 15 is 0 Å². The molecule has 1 aliphatic heterocycles. The molecule has 0 spiro atoms. The Balaban J connectivity index is 2.46. The van der Waals surface area contributed by atoms with E-state index < -0.39 is 0 Å². The van der Waals surface area contributed by atoms with Crippen LogP contribution in [-0.4, -0.2) is 18.9 Å². The molecule has 4 nitrogen and oxygen atoms in total. The Morgan fingerprint density at radius 1 is 1.19 bits per heavy atom. The van der Waals surface area contributed by atoms with E-state index in [9.17, 15) is 9.59 Å². The molecule has 1 aromatic carbocycles. The predicted octanol–water partition coefficient (Wildman–Crippen LogP) is 1.51. The molecular formula is C12H11NO3. The van der Waals surface area contributed by atoms with Gasteiger partial charge in [-0.05, 0) is 19.1 Å². The topological polar surface area (TPSA) is 46.6 Å². The van der Waals surface area contributed by atoms with Gasteiger partial charge in [0.2, 0.25) is 0 Å². The lowest BCUT2D eigenvalue weighted by Gasteiger charge is -2.17. The predicted molar refractivity (Wildman–Crippen MR) is 59.2 cm³/mol. The van der Waals surface area contributed by atoms with Crippen molar-refractivity contribution in [2.24, 2.45) is 0 Å². The highest BCUT2D eigenvalue weighted by Crippen LogP contribution is 2.31. The average molecular weight is 217 g/mol. The Morgan fingerprint density at radius 2 is 1.88 bits per heavy atom. The van der Waals surface area contributed by atoms with E-state index in [4.69, 9.17) is 4.74 Å². The van der Waals surface area contributed by atoms with Gasteiger partial charge in [-0.2, -0.15) is 0 Å². The van der Waals surface area contributed by atoms with Crippen molar-refractivity contribution in [3.05, 3.63) is 35.9 Å². The number of rotatable bonds is 2. The van der Waals surface area contributed by atoms with Crippen molar-refractivity contribution in [1.29, 1.82) is 0 Å². The lowest BCUT2D eigenvalue weighted by atomic mass is 10.2. The Labute approximate surface area is 93.1 Å². The van der Waals surface area contributed by atoms with Crippen LogP contribution in [0.15, 0.2) is 35.9 Å². The second-order valence-electron chi connectivity index (χ2n) is 3.48. The summed E-state index contributed by atoms with van der Waals surface area (Å²) in [4.78, 5) is 24.5. The zero-order valence-corrected chi connectivity index (χ0v) is 9.06. The van der Waals surface area contributed by atoms with Crippen LogP contribution in [0.1, 0.15) is 6.92 Å². The molecule has 2 amide bonds. The Morgan fingerprint density at radius 3 is 2.44 bits per heavy atom. The molecule has 1 heterocycles. The molecular weight excluding hydrogens is 206 g/mol. The van der Waals surface area contributed by atoms with Crippen LogP contribution in [0.2, 0.25) is 0 Å². The molecule has 2 rings (SSSR count). The Bertz CT molecular complexity index is 491. The van der Waals surface area contributed by atoms with Crippen molar-refractivity contribution in [3.8, 4) is 5.75 Å². The summed E-state index contributed by atoms with van der Waals surface area (Å²) in [5.41, 5.74) is 0.920. The summed E-state index contributed by atoms with van der Waals surface area (Å²) in [5, 5.41) is 0. The summed E-state index contributed by atoms with van der Waals surface area (Å²) in [5.74, 6) is -0.117. The first-order valence-electron chi connectivity index (χ1n) is 4.85. The highest BCUT2D eigenvalue weighted by Gasteiger charge is 2.31. The second-order valence-corrected chi connectivity index (χ2v) is 3.48. The van der Waals surface area contributed by atoms with Crippen LogP contribution in [0.5, 0.6) is 5.75 Å². The molecule has 0 unspecified atom stereocenters. The van der Waals surface area contributed by atoms with Crippen molar-refractivity contribution in [2.75, 3.05) is 12.0 Å². The summed E-state index contributed by atoms with van der Waals surface area (Å²) < 4.78 is 5.12. The SMILES string of the molecule is COc1ccccc1N1C(=O)C=C(C)C1=O. The summed E-state index contributed by atoms with van der Waals surface area (Å²) >= 11 is 0. The van der Waals surface area contributed by atoms with Crippen LogP contribution in [-0.2, 0) is 9.59 Å². The Kier molecular flexibility index (Phi) is 2.48. The quantitative estimate of drug-likeness (QED) is 0.705. The smallest absolute Gasteiger partial charge is 0.261 e. The molecule has 16 heavy (non-hydrogen) atoms. The second kappa shape index (κ2) is 3.81. The molecule has 0 fully saturated rings. The molecule has 0 radical (unpaired) electrons. The number of carbonyl (C=O) groups excluding carboxylic acids is 2. The fourth-order valence-electron chi connectivity index (χ4n) is 1.63. The third kappa shape index (κ3) is 1.48. The van der Waals surface area contributed by atoms with E-state index in [0.717, 1.165) is 4.90 Å². The number of methoxy groups -OCH3 is 1. The number of hydrogen-bond acceptors (Lipinski definition) is 3. The monoisotopic (exact) mass is 217 g/mol. The summed E-state index contributed by atoms with van der Waals surface area (Å²) in [6.45, 7) is 1.62. The number of amides is 2. The molecule has 0 bridgehead atoms. The van der Waals surface area contributed by atoms with Gasteiger partial charge in [-0.15, -0.1) is 0 Å². The minimum absolute atomic E-state index is 0.297. The third-order valence-corrected chi connectivity index (χ3v) is 2.43. The van der Waals surface area contributed by atoms with Gasteiger partial charge in [-0.25, -0.2) is 4.90 Å². The number of carbonyl (C=O) groups is 2. The molecule has 0 aliphatic carbocycles. The molecule has 0 atom stereocenters. The molecule has 0 saturated heterocycles. The lowest BCUT2D eigenvalue weighted by molar-refractivity contribution is -0.120. The first-order chi connectivity index (χ1) is 7.65. The zero-order valence-electron chi connectivity index (χ0n) is 9.06. The van der Waals surface area contributed by atoms with E-state index in [-0.39, 0.29) is 11.8 Å². The van der Waals surface area contributed by atoms with E-state index in [1.54, 1.807) is 31.2 Å². The highest BCUT2D eigenvalue weighted by molar-refractivity contribution is 6.30. The van der Waals surface area contributed by atoms with Gasteiger partial charge in [0.25, 0.3) is 11.8 Å². The van der Waals surface area contributed by atoms with Gasteiger partial charge in [0.15, 0.2) is 0 Å². The fraction of sp³-hybridized carbons (Fsp3) is 0.167. The molecule has 0 aromatic heterocycles. The van der Waals surface area contributed by atoms with Crippen LogP contribution in [0, 0.1) is 0 Å². The van der Waals surface area contributed by atoms with Crippen molar-refractivity contribution in [1.82, 2.24) is 0 Å². The Hall–Kier alpha value is -2.10. The highest BCUT2D eigenvalue weighted by atomic mass is 16.5. The standard InChI is InChI=1S/C12H11NO3/c1-8-7-11(14)13(12(8)15)9-5-3-4-6-10(9)16-2/h3-7H,1-2H3. The average Bonchev–Trinajstić information content (AvgIpc) is 2.53. The van der Waals surface area contributed by atoms with Gasteiger partial charge in [0.05, 0.1) is 12.8 Å². The first-order valence-corrected chi connectivity index (χ1v) is 4.85. The molecule has 1 aliphatic rings. The maximum absolute atomic E-state index is 11.8. The van der Waals surface area contributed by atoms with E-state index in [2.05, 4.69) is 0 Å². The number of anilines is 1. The third-order valence-electron chi connectivity index (χ3n) is 2.43. The van der Waals surface area contributed by atoms with Crippen LogP contribution >= 0.6 is 0 Å². The first kappa shape index (κ1) is 10.4. The number of ether oxygens (including phenoxy) is 1. The molecule has 82 valence electrons. The summed E-state index contributed by atoms with van der Waals surface area (Å²) in [6, 6.07) is 6.93. The van der Waals surface area contributed by atoms with Crippen LogP contribution in [0.25, 0.3) is 0 Å². The van der Waals surface area contributed by atoms with Crippen LogP contribution in [0.4, 0.5) is 5.69 Å². The minimum atomic E-state index is -0.327. The van der Waals surface area contributed by atoms with Gasteiger partial charge < -0.3 is 4.74 Å². The van der Waals surface area contributed by atoms with Crippen LogP contribution in [0.3, 0.4) is 0 Å². The van der Waals surface area contributed by atoms with Gasteiger partial charge in [0.1, 0.15) is 5.75 Å². The fourth-order valence-corrected chi connectivity index (χ4v) is 1.63. The maximum Gasteiger partial charge on any atom is 0.261 e. The van der Waals surface area contributed by atoms with Crippen LogP contribution < -0.4 is 9.64 Å². The molecule has 0 saturated carbocycles. The number of para-hydroxylation sites is 2. The van der Waals surface area contributed by atoms with E-state index in [0.29, 0.717) is 17.0 Å². The normalized spacial score (nSPS) is 15.4. The lowest BCUT2D eigenvalue weighted by Crippen LogP contribution is -2.30.